The molecule has 1 fully saturated rings. The number of fused-ring (bicyclic) bond motifs is 1. The summed E-state index contributed by atoms with van der Waals surface area (Å²) < 4.78 is 43.1. The summed E-state index contributed by atoms with van der Waals surface area (Å²) in [5.41, 5.74) is 0.817. The highest BCUT2D eigenvalue weighted by Gasteiger charge is 2.35. The monoisotopic (exact) mass is 577 g/mol. The number of allylic oxidation sites excluding steroid dienone is 1. The molecule has 1 aromatic carbocycles. The number of hydrogen-bond acceptors (Lipinski definition) is 8. The van der Waals surface area contributed by atoms with Gasteiger partial charge in [-0.15, -0.1) is 0 Å². The van der Waals surface area contributed by atoms with Crippen molar-refractivity contribution in [2.45, 2.75) is 55.3 Å². The second-order valence-electron chi connectivity index (χ2n) is 9.87. The summed E-state index contributed by atoms with van der Waals surface area (Å²) in [5.74, 6) is 0.209. The fourth-order valence-corrected chi connectivity index (χ4v) is 7.38. The lowest BCUT2D eigenvalue weighted by Crippen LogP contribution is -2.47. The molecule has 202 valence electrons. The van der Waals surface area contributed by atoms with Crippen LogP contribution in [-0.4, -0.2) is 52.3 Å². The van der Waals surface area contributed by atoms with Crippen molar-refractivity contribution in [2.24, 2.45) is 4.99 Å². The average Bonchev–Trinajstić information content (AvgIpc) is 3.25. The maximum Gasteiger partial charge on any atom is 0.269 e. The van der Waals surface area contributed by atoms with E-state index in [9.17, 15) is 17.9 Å². The number of aliphatic imine (C=N–C) groups is 1. The maximum absolute atomic E-state index is 14.9. The molecule has 3 heterocycles. The van der Waals surface area contributed by atoms with Crippen LogP contribution < -0.4 is 10.6 Å². The lowest BCUT2D eigenvalue weighted by atomic mass is 9.83. The highest BCUT2D eigenvalue weighted by atomic mass is 35.5. The topological polar surface area (TPSA) is 109 Å². The van der Waals surface area contributed by atoms with E-state index in [1.807, 2.05) is 13.2 Å². The Kier molecular flexibility index (Phi) is 7.47. The van der Waals surface area contributed by atoms with Crippen molar-refractivity contribution in [3.8, 4) is 0 Å². The zero-order valence-electron chi connectivity index (χ0n) is 21.0. The van der Waals surface area contributed by atoms with E-state index >= 15 is 0 Å². The van der Waals surface area contributed by atoms with Crippen LogP contribution in [0.25, 0.3) is 11.0 Å². The van der Waals surface area contributed by atoms with Crippen molar-refractivity contribution in [1.29, 1.82) is 0 Å². The number of aromatic nitrogens is 2. The van der Waals surface area contributed by atoms with E-state index < -0.39 is 27.6 Å². The Labute approximate surface area is 230 Å². The molecule has 38 heavy (non-hydrogen) atoms. The summed E-state index contributed by atoms with van der Waals surface area (Å²) in [6.07, 6.45) is 7.97. The van der Waals surface area contributed by atoms with E-state index in [2.05, 4.69) is 20.6 Å². The molecule has 3 N–H and O–H groups in total. The van der Waals surface area contributed by atoms with Gasteiger partial charge in [0.1, 0.15) is 12.0 Å². The molecule has 0 spiro atoms. The van der Waals surface area contributed by atoms with Crippen molar-refractivity contribution in [3.05, 3.63) is 70.5 Å². The van der Waals surface area contributed by atoms with Crippen molar-refractivity contribution >= 4 is 50.6 Å². The molecular weight excluding hydrogens is 549 g/mol. The number of benzene rings is 1. The van der Waals surface area contributed by atoms with Gasteiger partial charge >= 0.3 is 0 Å². The first-order valence-electron chi connectivity index (χ1n) is 12.3. The summed E-state index contributed by atoms with van der Waals surface area (Å²) >= 11 is 7.82. The summed E-state index contributed by atoms with van der Waals surface area (Å²) in [4.78, 5) is 8.73. The maximum atomic E-state index is 14.9. The second kappa shape index (κ2) is 10.5. The van der Waals surface area contributed by atoms with E-state index in [0.29, 0.717) is 34.6 Å². The molecule has 2 aliphatic rings. The van der Waals surface area contributed by atoms with Crippen LogP contribution in [0.4, 0.5) is 4.39 Å². The minimum atomic E-state index is -3.98. The molecule has 12 heteroatoms. The van der Waals surface area contributed by atoms with Gasteiger partial charge in [0.2, 0.25) is 0 Å². The largest absolute Gasteiger partial charge is 0.389 e. The number of aryl methyl sites for hydroxylation is 1. The number of halogens is 2. The SMILES string of the molecule is CSC[C@@]1(O)CCC[C@H](NC2=C(F)C=NC(c3cn(S(=O)(=O)c4ccc(C)cc4)c4ncc(Cl)cc34)N2)C1. The fourth-order valence-electron chi connectivity index (χ4n) is 5.09. The molecular formula is C26H29ClFN5O3S2. The van der Waals surface area contributed by atoms with Gasteiger partial charge in [-0.3, -0.25) is 4.99 Å². The molecule has 3 aromatic rings. The Hall–Kier alpha value is -2.60. The Bertz CT molecular complexity index is 1520. The average molecular weight is 578 g/mol. The van der Waals surface area contributed by atoms with Crippen molar-refractivity contribution < 1.29 is 17.9 Å². The molecule has 1 aliphatic heterocycles. The third-order valence-electron chi connectivity index (χ3n) is 6.92. The quantitative estimate of drug-likeness (QED) is 0.374. The zero-order chi connectivity index (χ0) is 27.1. The summed E-state index contributed by atoms with van der Waals surface area (Å²) in [6.45, 7) is 1.88. The second-order valence-corrected chi connectivity index (χ2v) is 13.0. The van der Waals surface area contributed by atoms with Gasteiger partial charge < -0.3 is 15.7 Å². The highest BCUT2D eigenvalue weighted by Crippen LogP contribution is 2.34. The Morgan fingerprint density at radius 1 is 1.34 bits per heavy atom. The first-order chi connectivity index (χ1) is 18.1. The Balaban J connectivity index is 1.47. The molecule has 2 aromatic heterocycles. The number of rotatable bonds is 7. The third kappa shape index (κ3) is 5.29. The van der Waals surface area contributed by atoms with Crippen LogP contribution in [-0.2, 0) is 10.0 Å². The predicted molar refractivity (Wildman–Crippen MR) is 150 cm³/mol. The van der Waals surface area contributed by atoms with Crippen LogP contribution in [0.2, 0.25) is 5.02 Å². The number of thioether (sulfide) groups is 1. The molecule has 1 unspecified atom stereocenters. The number of nitrogens with one attached hydrogen (secondary N) is 2. The zero-order valence-corrected chi connectivity index (χ0v) is 23.4. The molecule has 1 aliphatic carbocycles. The van der Waals surface area contributed by atoms with Crippen LogP contribution >= 0.6 is 23.4 Å². The smallest absolute Gasteiger partial charge is 0.269 e. The van der Waals surface area contributed by atoms with Gasteiger partial charge in [-0.05, 0) is 57.1 Å². The minimum Gasteiger partial charge on any atom is -0.389 e. The standard InChI is InChI=1S/C26H29ClFN5O3S2/c1-16-5-7-19(8-6-16)38(35,36)33-14-21(20-10-17(27)12-30-25(20)33)23-29-13-22(28)24(32-23)31-18-4-3-9-26(34,11-18)15-37-2/h5-8,10,12-14,18,23,31-32,34H,3-4,9,11,15H2,1-2H3/t18-,23?,26+/m0/s1. The normalized spacial score (nSPS) is 24.0. The lowest BCUT2D eigenvalue weighted by molar-refractivity contribution is 0.0158. The number of hydrogen-bond donors (Lipinski definition) is 3. The van der Waals surface area contributed by atoms with E-state index in [-0.39, 0.29) is 22.4 Å². The summed E-state index contributed by atoms with van der Waals surface area (Å²) in [7, 11) is -3.98. The molecule has 0 bridgehead atoms. The first-order valence-corrected chi connectivity index (χ1v) is 15.5. The van der Waals surface area contributed by atoms with Gasteiger partial charge in [0.15, 0.2) is 11.5 Å². The number of aliphatic hydroxyl groups is 1. The van der Waals surface area contributed by atoms with E-state index in [0.717, 1.165) is 28.6 Å². The molecule has 0 saturated heterocycles. The highest BCUT2D eigenvalue weighted by molar-refractivity contribution is 7.98. The molecule has 0 radical (unpaired) electrons. The van der Waals surface area contributed by atoms with Crippen LogP contribution in [0.5, 0.6) is 0 Å². The Morgan fingerprint density at radius 2 is 2.11 bits per heavy atom. The third-order valence-corrected chi connectivity index (χ3v) is 9.62. The van der Waals surface area contributed by atoms with Gasteiger partial charge in [-0.1, -0.05) is 29.3 Å². The van der Waals surface area contributed by atoms with Crippen molar-refractivity contribution in [1.82, 2.24) is 19.6 Å². The van der Waals surface area contributed by atoms with Gasteiger partial charge in [0.25, 0.3) is 10.0 Å². The van der Waals surface area contributed by atoms with Crippen LogP contribution in [0.1, 0.15) is 43.0 Å². The summed E-state index contributed by atoms with van der Waals surface area (Å²) in [6, 6.07) is 8.06. The molecule has 3 atom stereocenters. The van der Waals surface area contributed by atoms with Crippen LogP contribution in [0, 0.1) is 6.92 Å². The molecule has 5 rings (SSSR count). The van der Waals surface area contributed by atoms with E-state index in [1.54, 1.807) is 42.1 Å². The van der Waals surface area contributed by atoms with Gasteiger partial charge in [-0.25, -0.2) is 21.8 Å². The van der Waals surface area contributed by atoms with Gasteiger partial charge in [-0.2, -0.15) is 11.8 Å². The number of pyridine rings is 1. The molecule has 1 saturated carbocycles. The Morgan fingerprint density at radius 3 is 2.84 bits per heavy atom. The van der Waals surface area contributed by atoms with Gasteiger partial charge in [0.05, 0.1) is 21.7 Å². The van der Waals surface area contributed by atoms with E-state index in [1.165, 1.54) is 12.4 Å². The predicted octanol–water partition coefficient (Wildman–Crippen LogP) is 4.67. The van der Waals surface area contributed by atoms with Crippen LogP contribution in [0.15, 0.2) is 64.3 Å². The van der Waals surface area contributed by atoms with Crippen molar-refractivity contribution in [3.63, 3.8) is 0 Å². The first kappa shape index (κ1) is 27.0. The van der Waals surface area contributed by atoms with E-state index in [4.69, 9.17) is 11.6 Å². The van der Waals surface area contributed by atoms with Crippen LogP contribution in [0.3, 0.4) is 0 Å². The number of nitrogens with zero attached hydrogens (tertiary/aromatic N) is 3. The van der Waals surface area contributed by atoms with Crippen molar-refractivity contribution in [2.75, 3.05) is 12.0 Å². The van der Waals surface area contributed by atoms with Gasteiger partial charge in [0, 0.05) is 35.1 Å². The summed E-state index contributed by atoms with van der Waals surface area (Å²) in [5, 5.41) is 18.0. The molecule has 0 amide bonds. The lowest BCUT2D eigenvalue weighted by Gasteiger charge is -2.38. The molecule has 8 nitrogen and oxygen atoms in total. The minimum absolute atomic E-state index is 0.117. The fraction of sp³-hybridized carbons (Fsp3) is 0.385.